The van der Waals surface area contributed by atoms with Crippen LogP contribution in [0.15, 0.2) is 48.5 Å². The number of halogens is 1. The Morgan fingerprint density at radius 3 is 2.19 bits per heavy atom. The molecule has 1 heterocycles. The Hall–Kier alpha value is -3.15. The molecule has 0 unspecified atom stereocenters. The molecular weight excluding hydrogens is 333 g/mol. The predicted octanol–water partition coefficient (Wildman–Crippen LogP) is 3.90. The lowest BCUT2D eigenvalue weighted by atomic mass is 10.1. The second-order valence-corrected chi connectivity index (χ2v) is 6.05. The SMILES string of the molecule is Cc1nn(C)c(C)c1C(=O)NCc1ccc(Oc2ccc(F)cc2)cc1. The van der Waals surface area contributed by atoms with Gasteiger partial charge < -0.3 is 10.1 Å². The van der Waals surface area contributed by atoms with Crippen molar-refractivity contribution >= 4 is 5.91 Å². The van der Waals surface area contributed by atoms with Gasteiger partial charge in [0.25, 0.3) is 5.91 Å². The summed E-state index contributed by atoms with van der Waals surface area (Å²) in [5.41, 5.74) is 3.11. The van der Waals surface area contributed by atoms with Crippen LogP contribution >= 0.6 is 0 Å². The first-order valence-corrected chi connectivity index (χ1v) is 8.25. The molecule has 3 aromatic rings. The summed E-state index contributed by atoms with van der Waals surface area (Å²) in [5, 5.41) is 7.17. The van der Waals surface area contributed by atoms with E-state index in [2.05, 4.69) is 10.4 Å². The first-order valence-electron chi connectivity index (χ1n) is 8.25. The highest BCUT2D eigenvalue weighted by atomic mass is 19.1. The number of carbonyl (C=O) groups is 1. The number of nitrogens with one attached hydrogen (secondary N) is 1. The van der Waals surface area contributed by atoms with Gasteiger partial charge in [-0.2, -0.15) is 5.10 Å². The Balaban J connectivity index is 1.60. The van der Waals surface area contributed by atoms with Gasteiger partial charge in [-0.05, 0) is 55.8 Å². The van der Waals surface area contributed by atoms with Crippen LogP contribution in [-0.4, -0.2) is 15.7 Å². The highest BCUT2D eigenvalue weighted by Gasteiger charge is 2.16. The molecule has 0 bridgehead atoms. The lowest BCUT2D eigenvalue weighted by Gasteiger charge is -2.08. The lowest BCUT2D eigenvalue weighted by molar-refractivity contribution is 0.0949. The molecule has 1 amide bonds. The molecule has 1 aromatic heterocycles. The van der Waals surface area contributed by atoms with Crippen LogP contribution in [0, 0.1) is 19.7 Å². The molecule has 0 radical (unpaired) electrons. The first-order chi connectivity index (χ1) is 12.4. The molecule has 0 aliphatic heterocycles. The number of hydrogen-bond acceptors (Lipinski definition) is 3. The van der Waals surface area contributed by atoms with Crippen LogP contribution in [0.4, 0.5) is 4.39 Å². The van der Waals surface area contributed by atoms with E-state index in [0.29, 0.717) is 29.3 Å². The van der Waals surface area contributed by atoms with Crippen LogP contribution in [0.2, 0.25) is 0 Å². The van der Waals surface area contributed by atoms with Crippen LogP contribution in [0.3, 0.4) is 0 Å². The Bertz CT molecular complexity index is 915. The molecule has 0 saturated heterocycles. The van der Waals surface area contributed by atoms with Gasteiger partial charge in [-0.25, -0.2) is 4.39 Å². The fourth-order valence-corrected chi connectivity index (χ4v) is 2.69. The summed E-state index contributed by atoms with van der Waals surface area (Å²) < 4.78 is 20.3. The van der Waals surface area contributed by atoms with Crippen molar-refractivity contribution in [1.82, 2.24) is 15.1 Å². The molecule has 6 heteroatoms. The minimum absolute atomic E-state index is 0.139. The minimum Gasteiger partial charge on any atom is -0.457 e. The van der Waals surface area contributed by atoms with E-state index in [1.807, 2.05) is 45.2 Å². The van der Waals surface area contributed by atoms with E-state index >= 15 is 0 Å². The maximum Gasteiger partial charge on any atom is 0.255 e. The summed E-state index contributed by atoms with van der Waals surface area (Å²) in [6.07, 6.45) is 0. The average molecular weight is 353 g/mol. The van der Waals surface area contributed by atoms with E-state index < -0.39 is 0 Å². The van der Waals surface area contributed by atoms with Crippen LogP contribution in [0.25, 0.3) is 0 Å². The van der Waals surface area contributed by atoms with Crippen molar-refractivity contribution in [2.45, 2.75) is 20.4 Å². The standard InChI is InChI=1S/C20H20FN3O2/c1-13-19(14(2)24(3)23-13)20(25)22-12-15-4-8-17(9-5-15)26-18-10-6-16(21)7-11-18/h4-11H,12H2,1-3H3,(H,22,25). The Morgan fingerprint density at radius 1 is 1.08 bits per heavy atom. The van der Waals surface area contributed by atoms with Crippen LogP contribution in [0.5, 0.6) is 11.5 Å². The zero-order chi connectivity index (χ0) is 18.7. The molecule has 0 spiro atoms. The first kappa shape index (κ1) is 17.7. The summed E-state index contributed by atoms with van der Waals surface area (Å²) in [5.74, 6) is 0.767. The predicted molar refractivity (Wildman–Crippen MR) is 96.8 cm³/mol. The molecule has 0 aliphatic carbocycles. The quantitative estimate of drug-likeness (QED) is 0.757. The van der Waals surface area contributed by atoms with E-state index in [9.17, 15) is 9.18 Å². The molecule has 0 saturated carbocycles. The van der Waals surface area contributed by atoms with Gasteiger partial charge in [0.1, 0.15) is 17.3 Å². The third kappa shape index (κ3) is 3.91. The third-order valence-corrected chi connectivity index (χ3v) is 4.16. The van der Waals surface area contributed by atoms with Crippen LogP contribution in [-0.2, 0) is 13.6 Å². The van der Waals surface area contributed by atoms with E-state index in [4.69, 9.17) is 4.74 Å². The molecule has 5 nitrogen and oxygen atoms in total. The number of ether oxygens (including phenoxy) is 1. The molecule has 134 valence electrons. The lowest BCUT2D eigenvalue weighted by Crippen LogP contribution is -2.24. The van der Waals surface area contributed by atoms with Crippen LogP contribution < -0.4 is 10.1 Å². The number of rotatable bonds is 5. The van der Waals surface area contributed by atoms with E-state index in [1.54, 1.807) is 16.8 Å². The summed E-state index contributed by atoms with van der Waals surface area (Å²) in [7, 11) is 1.82. The largest absolute Gasteiger partial charge is 0.457 e. The number of aryl methyl sites for hydroxylation is 2. The van der Waals surface area contributed by atoms with Crippen molar-refractivity contribution in [1.29, 1.82) is 0 Å². The van der Waals surface area contributed by atoms with Gasteiger partial charge in [-0.15, -0.1) is 0 Å². The summed E-state index contributed by atoms with van der Waals surface area (Å²) in [6.45, 7) is 4.10. The van der Waals surface area contributed by atoms with E-state index in [0.717, 1.165) is 11.3 Å². The highest BCUT2D eigenvalue weighted by Crippen LogP contribution is 2.22. The Morgan fingerprint density at radius 2 is 1.65 bits per heavy atom. The fraction of sp³-hybridized carbons (Fsp3) is 0.200. The van der Waals surface area contributed by atoms with Gasteiger partial charge >= 0.3 is 0 Å². The zero-order valence-corrected chi connectivity index (χ0v) is 14.9. The monoisotopic (exact) mass is 353 g/mol. The number of hydrogen-bond donors (Lipinski definition) is 1. The van der Waals surface area contributed by atoms with Crippen molar-refractivity contribution in [2.24, 2.45) is 7.05 Å². The maximum atomic E-state index is 12.9. The highest BCUT2D eigenvalue weighted by molar-refractivity contribution is 5.96. The summed E-state index contributed by atoms with van der Waals surface area (Å²) >= 11 is 0. The minimum atomic E-state index is -0.303. The smallest absolute Gasteiger partial charge is 0.255 e. The molecular formula is C20H20FN3O2. The van der Waals surface area contributed by atoms with Gasteiger partial charge in [-0.1, -0.05) is 12.1 Å². The van der Waals surface area contributed by atoms with Crippen molar-refractivity contribution in [3.05, 3.63) is 76.9 Å². The molecule has 0 fully saturated rings. The van der Waals surface area contributed by atoms with Gasteiger partial charge in [0, 0.05) is 19.3 Å². The number of aromatic nitrogens is 2. The van der Waals surface area contributed by atoms with Crippen LogP contribution in [0.1, 0.15) is 27.3 Å². The molecule has 0 atom stereocenters. The van der Waals surface area contributed by atoms with Gasteiger partial charge in [0.05, 0.1) is 11.3 Å². The van der Waals surface area contributed by atoms with E-state index in [-0.39, 0.29) is 11.7 Å². The van der Waals surface area contributed by atoms with Crippen molar-refractivity contribution < 1.29 is 13.9 Å². The number of amides is 1. The summed E-state index contributed by atoms with van der Waals surface area (Å²) in [4.78, 5) is 12.4. The fourth-order valence-electron chi connectivity index (χ4n) is 2.69. The Labute approximate surface area is 151 Å². The number of benzene rings is 2. The third-order valence-electron chi connectivity index (χ3n) is 4.16. The van der Waals surface area contributed by atoms with Gasteiger partial charge in [-0.3, -0.25) is 9.48 Å². The van der Waals surface area contributed by atoms with Gasteiger partial charge in [0.2, 0.25) is 0 Å². The second kappa shape index (κ2) is 7.39. The van der Waals surface area contributed by atoms with Crippen molar-refractivity contribution in [3.8, 4) is 11.5 Å². The summed E-state index contributed by atoms with van der Waals surface area (Å²) in [6, 6.07) is 13.2. The van der Waals surface area contributed by atoms with Gasteiger partial charge in [0.15, 0.2) is 0 Å². The topological polar surface area (TPSA) is 56.2 Å². The maximum absolute atomic E-state index is 12.9. The molecule has 1 N–H and O–H groups in total. The Kier molecular flexibility index (Phi) is 5.02. The molecule has 2 aromatic carbocycles. The van der Waals surface area contributed by atoms with Crippen molar-refractivity contribution in [3.63, 3.8) is 0 Å². The number of nitrogens with zero attached hydrogens (tertiary/aromatic N) is 2. The van der Waals surface area contributed by atoms with Crippen molar-refractivity contribution in [2.75, 3.05) is 0 Å². The second-order valence-electron chi connectivity index (χ2n) is 6.05. The molecule has 0 aliphatic rings. The normalized spacial score (nSPS) is 10.6. The zero-order valence-electron chi connectivity index (χ0n) is 14.9. The average Bonchev–Trinajstić information content (AvgIpc) is 2.88. The number of carbonyl (C=O) groups excluding carboxylic acids is 1. The molecule has 26 heavy (non-hydrogen) atoms. The van der Waals surface area contributed by atoms with E-state index in [1.165, 1.54) is 12.1 Å². The molecule has 3 rings (SSSR count).